The van der Waals surface area contributed by atoms with E-state index < -0.39 is 183 Å². The standard InChI is InChI=1S/C11H20F6N2O3S.C10H20F4N2O4S.C7H10F6O.C6H7BrF6O.C6H7ClF6O3S/c1-19(2)6-3-5-18-23(20,21)8-4-7-22-9(10(12,13)14)11(15,16)17;1-16(2,17)6-3-5-15-21(18,19)8-4-7-20-9(11)10(12,13)14;1-2-3-4-14-5(6(8,9)10)7(11,12)13;7-2-1-3-14-4(5(8,9)10)6(11,12)13;7-17(14,15)3-1-2-16-4(5(8,9)10)6(11,12)13/h9,18H,3-8H2,1-2H3;9,15H,3-8H2,1-2H3;5H,2-4H2,1H3;4H,1-3H2;4H,1-3H2. The fourth-order valence-electron chi connectivity index (χ4n) is 4.97. The van der Waals surface area contributed by atoms with Crippen molar-refractivity contribution in [2.75, 3.05) is 110 Å². The van der Waals surface area contributed by atoms with Gasteiger partial charge in [0.1, 0.15) is 0 Å². The van der Waals surface area contributed by atoms with Crippen LogP contribution in [0.1, 0.15) is 58.3 Å². The molecule has 1 atom stereocenters. The first-order valence-corrected chi connectivity index (χ1v) is 31.2. The highest BCUT2D eigenvalue weighted by atomic mass is 79.9. The molecule has 49 heteroatoms. The topological polar surface area (TPSA) is 199 Å². The van der Waals surface area contributed by atoms with Crippen molar-refractivity contribution in [2.45, 2.75) is 145 Å². The van der Waals surface area contributed by atoms with Gasteiger partial charge in [-0.05, 0) is 59.2 Å². The van der Waals surface area contributed by atoms with Crippen LogP contribution < -0.4 is 9.44 Å². The van der Waals surface area contributed by atoms with E-state index in [1.54, 1.807) is 21.0 Å². The van der Waals surface area contributed by atoms with Crippen LogP contribution in [0.25, 0.3) is 0 Å². The van der Waals surface area contributed by atoms with Gasteiger partial charge in [-0.3, -0.25) is 0 Å². The van der Waals surface area contributed by atoms with Gasteiger partial charge in [-0.15, -0.1) is 0 Å². The molecule has 0 bridgehead atoms. The number of unbranched alkanes of at least 4 members (excludes halogenated alkanes) is 1. The molecule has 0 aromatic heterocycles. The largest absolute Gasteiger partial charge is 0.633 e. The summed E-state index contributed by atoms with van der Waals surface area (Å²) in [7, 11) is -0.274. The predicted octanol–water partition coefficient (Wildman–Crippen LogP) is 11.9. The van der Waals surface area contributed by atoms with E-state index in [-0.39, 0.29) is 44.2 Å². The molecule has 0 heterocycles. The summed E-state index contributed by atoms with van der Waals surface area (Å²) in [5, 5.41) is 11.5. The zero-order valence-corrected chi connectivity index (χ0v) is 51.4. The van der Waals surface area contributed by atoms with E-state index in [2.05, 4.69) is 49.1 Å². The molecule has 0 aromatic rings. The van der Waals surface area contributed by atoms with Crippen molar-refractivity contribution in [3.63, 3.8) is 0 Å². The summed E-state index contributed by atoms with van der Waals surface area (Å²) in [4.78, 5) is 1.83. The van der Waals surface area contributed by atoms with Gasteiger partial charge < -0.3 is 38.4 Å². The second-order valence-electron chi connectivity index (χ2n) is 18.0. The maximum atomic E-state index is 12.3. The van der Waals surface area contributed by atoms with Crippen LogP contribution in [0.15, 0.2) is 0 Å². The van der Waals surface area contributed by atoms with Gasteiger partial charge in [0.05, 0.1) is 44.5 Å². The summed E-state index contributed by atoms with van der Waals surface area (Å²) in [5.74, 6) is -1.86. The van der Waals surface area contributed by atoms with Crippen LogP contribution in [0, 0.1) is 5.21 Å². The fraction of sp³-hybridized carbons (Fsp3) is 1.00. The minimum absolute atomic E-state index is 0.0569. The van der Waals surface area contributed by atoms with Crippen molar-refractivity contribution >= 4 is 55.7 Å². The van der Waals surface area contributed by atoms with Gasteiger partial charge in [0.15, 0.2) is 0 Å². The Balaban J connectivity index is -0.000000335. The third kappa shape index (κ3) is 57.4. The number of hydrogen-bond acceptors (Lipinski definition) is 13. The highest BCUT2D eigenvalue weighted by molar-refractivity contribution is 9.09. The average Bonchev–Trinajstić information content (AvgIpc) is 3.34. The van der Waals surface area contributed by atoms with Crippen molar-refractivity contribution in [1.29, 1.82) is 0 Å². The molecule has 0 spiro atoms. The Hall–Kier alpha value is -1.74. The normalized spacial score (nSPS) is 14.3. The number of hydroxylamine groups is 3. The van der Waals surface area contributed by atoms with Crippen molar-refractivity contribution in [1.82, 2.24) is 14.3 Å². The first kappa shape index (κ1) is 96.0. The van der Waals surface area contributed by atoms with Crippen LogP contribution in [-0.4, -0.2) is 231 Å². The highest BCUT2D eigenvalue weighted by Crippen LogP contribution is 2.39. The molecular formula is C40H64BrClF28N4O12S3. The number of halogens is 30. The van der Waals surface area contributed by atoms with Gasteiger partial charge in [-0.25, -0.2) is 39.1 Å². The molecule has 2 N–H and O–H groups in total. The lowest BCUT2D eigenvalue weighted by atomic mass is 10.3. The molecular weight excluding hydrogens is 1470 g/mol. The van der Waals surface area contributed by atoms with Crippen molar-refractivity contribution in [2.24, 2.45) is 0 Å². The molecule has 0 aliphatic heterocycles. The Kier molecular flexibility index (Phi) is 45.2. The summed E-state index contributed by atoms with van der Waals surface area (Å²) in [6.07, 6.45) is -67.4. The Morgan fingerprint density at radius 1 is 0.449 bits per heavy atom. The third-order valence-electron chi connectivity index (χ3n) is 8.76. The smallest absolute Gasteiger partial charge is 0.445 e. The lowest BCUT2D eigenvalue weighted by Crippen LogP contribution is -2.44. The van der Waals surface area contributed by atoms with Crippen LogP contribution in [0.5, 0.6) is 0 Å². The molecule has 16 nitrogen and oxygen atoms in total. The molecule has 0 aliphatic rings. The van der Waals surface area contributed by atoms with E-state index in [9.17, 15) is 153 Å². The molecule has 0 aliphatic carbocycles. The number of nitrogens with zero attached hydrogens (tertiary/aromatic N) is 2. The predicted molar refractivity (Wildman–Crippen MR) is 263 cm³/mol. The molecule has 0 radical (unpaired) electrons. The van der Waals surface area contributed by atoms with E-state index in [0.717, 1.165) is 0 Å². The first-order chi connectivity index (χ1) is 39.3. The van der Waals surface area contributed by atoms with Crippen LogP contribution >= 0.6 is 26.6 Å². The zero-order chi connectivity index (χ0) is 71.8. The Bertz CT molecular complexity index is 2090. The molecule has 544 valence electrons. The monoisotopic (exact) mass is 1530 g/mol. The van der Waals surface area contributed by atoms with E-state index in [1.807, 2.05) is 4.90 Å². The van der Waals surface area contributed by atoms with Gasteiger partial charge in [-0.2, -0.15) is 119 Å². The number of hydrogen-bond donors (Lipinski definition) is 2. The SMILES string of the molecule is CCCCOC(C(F)(F)F)C(F)(F)F.CN(C)CCCNS(=O)(=O)CCCOC(C(F)(F)F)C(F)(F)F.C[N+](C)([O-])CCCNS(=O)(=O)CCCOC(F)C(F)(F)F.FC(F)(F)C(OCCCBr)C(F)(F)F.O=S(=O)(Cl)CCCOC(C(F)(F)F)C(F)(F)F. The number of alkyl halides is 29. The van der Waals surface area contributed by atoms with Gasteiger partial charge >= 0.3 is 55.6 Å². The molecule has 0 rings (SSSR count). The Labute approximate surface area is 505 Å². The van der Waals surface area contributed by atoms with Gasteiger partial charge in [0, 0.05) is 62.0 Å². The van der Waals surface area contributed by atoms with Crippen molar-refractivity contribution in [3.8, 4) is 0 Å². The van der Waals surface area contributed by atoms with E-state index in [4.69, 9.17) is 10.7 Å². The zero-order valence-electron chi connectivity index (χ0n) is 46.6. The summed E-state index contributed by atoms with van der Waals surface area (Å²) >= 11 is 2.86. The van der Waals surface area contributed by atoms with Crippen LogP contribution in [0.3, 0.4) is 0 Å². The maximum Gasteiger partial charge on any atom is 0.445 e. The minimum Gasteiger partial charge on any atom is -0.633 e. The second-order valence-corrected chi connectivity index (χ2v) is 25.5. The number of nitrogens with one attached hydrogen (secondary N) is 2. The second kappa shape index (κ2) is 41.9. The quantitative estimate of drug-likeness (QED) is 0.0157. The average molecular weight is 1540 g/mol. The molecule has 1 unspecified atom stereocenters. The van der Waals surface area contributed by atoms with Crippen LogP contribution in [-0.2, 0) is 52.8 Å². The summed E-state index contributed by atoms with van der Waals surface area (Å²) in [6.45, 7) is -1.10. The van der Waals surface area contributed by atoms with Gasteiger partial charge in [-0.1, -0.05) is 29.3 Å². The molecule has 0 saturated carbocycles. The Morgan fingerprint density at radius 3 is 0.966 bits per heavy atom. The first-order valence-electron chi connectivity index (χ1n) is 24.3. The highest BCUT2D eigenvalue weighted by Gasteiger charge is 2.60. The van der Waals surface area contributed by atoms with Crippen molar-refractivity contribution < 1.29 is 177 Å². The lowest BCUT2D eigenvalue weighted by molar-refractivity contribution is -0.840. The molecule has 0 saturated heterocycles. The molecule has 0 aromatic carbocycles. The van der Waals surface area contributed by atoms with Crippen molar-refractivity contribution in [3.05, 3.63) is 5.21 Å². The maximum absolute atomic E-state index is 12.3. The fourth-order valence-corrected chi connectivity index (χ4v) is 8.18. The van der Waals surface area contributed by atoms with E-state index in [0.29, 0.717) is 25.8 Å². The third-order valence-corrected chi connectivity index (χ3v) is 13.5. The summed E-state index contributed by atoms with van der Waals surface area (Å²) in [5.41, 5.74) is 0. The number of sulfonamides is 2. The lowest BCUT2D eigenvalue weighted by Gasteiger charge is -2.33. The molecule has 0 amide bonds. The number of quaternary nitrogens is 1. The number of ether oxygens (including phenoxy) is 5. The molecule has 89 heavy (non-hydrogen) atoms. The van der Waals surface area contributed by atoms with Crippen LogP contribution in [0.2, 0.25) is 0 Å². The summed E-state index contributed by atoms with van der Waals surface area (Å²) in [6, 6.07) is 0. The summed E-state index contributed by atoms with van der Waals surface area (Å²) < 4.78 is 423. The van der Waals surface area contributed by atoms with E-state index >= 15 is 0 Å². The van der Waals surface area contributed by atoms with Gasteiger partial charge in [0.2, 0.25) is 53.5 Å². The van der Waals surface area contributed by atoms with Crippen LogP contribution in [0.4, 0.5) is 123 Å². The minimum atomic E-state index is -5.60. The Morgan fingerprint density at radius 2 is 0.719 bits per heavy atom. The van der Waals surface area contributed by atoms with Gasteiger partial charge in [0.25, 0.3) is 6.36 Å². The van der Waals surface area contributed by atoms with E-state index in [1.165, 1.54) is 14.1 Å². The number of rotatable bonds is 33. The molecule has 0 fully saturated rings.